The molecule has 1 heterocycles. The van der Waals surface area contributed by atoms with Crippen molar-refractivity contribution in [2.45, 2.75) is 32.8 Å². The zero-order valence-electron chi connectivity index (χ0n) is 9.27. The molecule has 0 unspecified atom stereocenters. The molecule has 0 aromatic rings. The largest absolute Gasteiger partial charge is 0.513 e. The van der Waals surface area contributed by atoms with Gasteiger partial charge in [0.25, 0.3) is 0 Å². The predicted molar refractivity (Wildman–Crippen MR) is 55.4 cm³/mol. The van der Waals surface area contributed by atoms with Gasteiger partial charge in [0.15, 0.2) is 0 Å². The number of allylic oxidation sites excluding steroid dienone is 1. The summed E-state index contributed by atoms with van der Waals surface area (Å²) in [6.45, 7) is 5.13. The van der Waals surface area contributed by atoms with E-state index in [1.54, 1.807) is 13.8 Å². The number of carbonyl (C=O) groups excluding carboxylic acids is 1. The average Bonchev–Trinajstić information content (AvgIpc) is 2.18. The highest BCUT2D eigenvalue weighted by molar-refractivity contribution is 5.60. The summed E-state index contributed by atoms with van der Waals surface area (Å²) in [5.41, 5.74) is 0. The molecule has 0 atom stereocenters. The van der Waals surface area contributed by atoms with Crippen LogP contribution in [0.1, 0.15) is 26.7 Å². The van der Waals surface area contributed by atoms with Crippen LogP contribution in [0, 0.1) is 5.92 Å². The van der Waals surface area contributed by atoms with Crippen molar-refractivity contribution >= 4 is 6.16 Å². The van der Waals surface area contributed by atoms with E-state index in [-0.39, 0.29) is 6.10 Å². The van der Waals surface area contributed by atoms with Crippen molar-refractivity contribution in [2.24, 2.45) is 5.92 Å². The Bertz CT molecular complexity index is 217. The first kappa shape index (κ1) is 12.0. The van der Waals surface area contributed by atoms with Gasteiger partial charge >= 0.3 is 6.16 Å². The van der Waals surface area contributed by atoms with Crippen LogP contribution in [0.25, 0.3) is 0 Å². The first-order valence-electron chi connectivity index (χ1n) is 5.30. The molecule has 0 saturated carbocycles. The second kappa shape index (κ2) is 6.45. The van der Waals surface area contributed by atoms with Crippen LogP contribution >= 0.6 is 0 Å². The first-order chi connectivity index (χ1) is 7.18. The maximum absolute atomic E-state index is 11.0. The van der Waals surface area contributed by atoms with Gasteiger partial charge in [0.05, 0.1) is 12.4 Å². The topological polar surface area (TPSA) is 44.8 Å². The minimum absolute atomic E-state index is 0.144. The van der Waals surface area contributed by atoms with E-state index in [0.29, 0.717) is 5.92 Å². The summed E-state index contributed by atoms with van der Waals surface area (Å²) >= 11 is 0. The Morgan fingerprint density at radius 2 is 2.07 bits per heavy atom. The predicted octanol–water partition coefficient (Wildman–Crippen LogP) is 2.49. The van der Waals surface area contributed by atoms with Gasteiger partial charge in [-0.3, -0.25) is 0 Å². The van der Waals surface area contributed by atoms with Crippen LogP contribution in [0.2, 0.25) is 0 Å². The van der Waals surface area contributed by atoms with Gasteiger partial charge in [0.1, 0.15) is 0 Å². The maximum atomic E-state index is 11.0. The highest BCUT2D eigenvalue weighted by atomic mass is 16.7. The molecule has 86 valence electrons. The van der Waals surface area contributed by atoms with E-state index in [1.165, 1.54) is 6.26 Å². The fraction of sp³-hybridized carbons (Fsp3) is 0.727. The zero-order valence-corrected chi connectivity index (χ0v) is 9.27. The third kappa shape index (κ3) is 5.42. The molecule has 0 aliphatic carbocycles. The third-order valence-corrected chi connectivity index (χ3v) is 2.11. The fourth-order valence-electron chi connectivity index (χ4n) is 1.33. The minimum atomic E-state index is -0.645. The van der Waals surface area contributed by atoms with Gasteiger partial charge in [-0.2, -0.15) is 0 Å². The molecule has 1 aliphatic heterocycles. The lowest BCUT2D eigenvalue weighted by atomic mass is 10.0. The smallest absolute Gasteiger partial charge is 0.431 e. The molecule has 0 N–H and O–H groups in total. The molecule has 0 amide bonds. The second-order valence-electron chi connectivity index (χ2n) is 3.81. The second-order valence-corrected chi connectivity index (χ2v) is 3.81. The zero-order chi connectivity index (χ0) is 11.1. The number of hydrogen-bond acceptors (Lipinski definition) is 4. The lowest BCUT2D eigenvalue weighted by molar-refractivity contribution is 0.0585. The number of hydrogen-bond donors (Lipinski definition) is 0. The van der Waals surface area contributed by atoms with Crippen LogP contribution in [0.15, 0.2) is 12.3 Å². The third-order valence-electron chi connectivity index (χ3n) is 2.11. The van der Waals surface area contributed by atoms with Crippen molar-refractivity contribution in [1.29, 1.82) is 0 Å². The van der Waals surface area contributed by atoms with E-state index in [4.69, 9.17) is 14.2 Å². The molecule has 1 saturated heterocycles. The molecule has 0 bridgehead atoms. The Morgan fingerprint density at radius 3 is 2.67 bits per heavy atom. The first-order valence-corrected chi connectivity index (χ1v) is 5.30. The quantitative estimate of drug-likeness (QED) is 0.535. The lowest BCUT2D eigenvalue weighted by Gasteiger charge is -2.18. The molecule has 4 heteroatoms. The SMILES string of the molecule is CC(C)OC(=O)OC=CC1CCOCC1. The van der Waals surface area contributed by atoms with Gasteiger partial charge in [0, 0.05) is 13.2 Å². The lowest BCUT2D eigenvalue weighted by Crippen LogP contribution is -2.14. The molecule has 1 fully saturated rings. The summed E-state index contributed by atoms with van der Waals surface area (Å²) in [6.07, 6.45) is 4.49. The normalized spacial score (nSPS) is 18.3. The molecule has 0 aromatic carbocycles. The van der Waals surface area contributed by atoms with Gasteiger partial charge in [-0.25, -0.2) is 4.79 Å². The van der Waals surface area contributed by atoms with E-state index in [9.17, 15) is 4.79 Å². The van der Waals surface area contributed by atoms with Crippen LogP contribution in [0.5, 0.6) is 0 Å². The molecule has 4 nitrogen and oxygen atoms in total. The molecule has 1 rings (SSSR count). The van der Waals surface area contributed by atoms with E-state index in [1.807, 2.05) is 6.08 Å². The Hall–Kier alpha value is -1.03. The van der Waals surface area contributed by atoms with Crippen molar-refractivity contribution in [3.8, 4) is 0 Å². The highest BCUT2D eigenvalue weighted by Crippen LogP contribution is 2.15. The van der Waals surface area contributed by atoms with E-state index < -0.39 is 6.16 Å². The molecule has 0 radical (unpaired) electrons. The molecular formula is C11H18O4. The van der Waals surface area contributed by atoms with Gasteiger partial charge in [-0.1, -0.05) is 0 Å². The summed E-state index contributed by atoms with van der Waals surface area (Å²) in [5, 5.41) is 0. The van der Waals surface area contributed by atoms with Crippen LogP contribution in [0.3, 0.4) is 0 Å². The van der Waals surface area contributed by atoms with Crippen LogP contribution in [-0.2, 0) is 14.2 Å². The number of carbonyl (C=O) groups is 1. The highest BCUT2D eigenvalue weighted by Gasteiger charge is 2.10. The molecule has 0 spiro atoms. The Kier molecular flexibility index (Phi) is 5.18. The summed E-state index contributed by atoms with van der Waals surface area (Å²) in [4.78, 5) is 11.0. The number of ether oxygens (including phenoxy) is 3. The van der Waals surface area contributed by atoms with E-state index >= 15 is 0 Å². The summed E-state index contributed by atoms with van der Waals surface area (Å²) in [6, 6.07) is 0. The fourth-order valence-corrected chi connectivity index (χ4v) is 1.33. The average molecular weight is 214 g/mol. The van der Waals surface area contributed by atoms with Crippen molar-refractivity contribution in [1.82, 2.24) is 0 Å². The van der Waals surface area contributed by atoms with Gasteiger partial charge in [0.2, 0.25) is 0 Å². The molecule has 15 heavy (non-hydrogen) atoms. The summed E-state index contributed by atoms with van der Waals surface area (Å²) in [7, 11) is 0. The van der Waals surface area contributed by atoms with Crippen molar-refractivity contribution in [2.75, 3.05) is 13.2 Å². The van der Waals surface area contributed by atoms with E-state index in [0.717, 1.165) is 26.1 Å². The van der Waals surface area contributed by atoms with Crippen LogP contribution < -0.4 is 0 Å². The molecule has 1 aliphatic rings. The van der Waals surface area contributed by atoms with Crippen molar-refractivity contribution in [3.05, 3.63) is 12.3 Å². The van der Waals surface area contributed by atoms with Gasteiger partial charge in [-0.15, -0.1) is 0 Å². The standard InChI is InChI=1S/C11H18O4/c1-9(2)15-11(12)14-8-5-10-3-6-13-7-4-10/h5,8-10H,3-4,6-7H2,1-2H3. The maximum Gasteiger partial charge on any atom is 0.513 e. The van der Waals surface area contributed by atoms with Crippen molar-refractivity contribution in [3.63, 3.8) is 0 Å². The Labute approximate surface area is 90.2 Å². The van der Waals surface area contributed by atoms with Crippen LogP contribution in [0.4, 0.5) is 4.79 Å². The van der Waals surface area contributed by atoms with Gasteiger partial charge in [-0.05, 0) is 38.7 Å². The van der Waals surface area contributed by atoms with Crippen LogP contribution in [-0.4, -0.2) is 25.5 Å². The van der Waals surface area contributed by atoms with Crippen molar-refractivity contribution < 1.29 is 19.0 Å². The monoisotopic (exact) mass is 214 g/mol. The summed E-state index contributed by atoms with van der Waals surface area (Å²) in [5.74, 6) is 0.450. The minimum Gasteiger partial charge on any atom is -0.431 e. The Balaban J connectivity index is 2.17. The van der Waals surface area contributed by atoms with Gasteiger partial charge < -0.3 is 14.2 Å². The molecular weight excluding hydrogens is 196 g/mol. The number of rotatable bonds is 3. The van der Waals surface area contributed by atoms with E-state index in [2.05, 4.69) is 0 Å². The molecule has 0 aromatic heterocycles. The Morgan fingerprint density at radius 1 is 1.40 bits per heavy atom. The summed E-state index contributed by atoms with van der Waals surface area (Å²) < 4.78 is 14.8.